The third-order valence-corrected chi connectivity index (χ3v) is 4.78. The number of fused-ring (bicyclic) bond motifs is 1. The molecule has 0 aliphatic carbocycles. The maximum absolute atomic E-state index is 4.61. The molecule has 1 heterocycles. The quantitative estimate of drug-likeness (QED) is 0.709. The number of imidazole rings is 1. The number of rotatable bonds is 4. The van der Waals surface area contributed by atoms with E-state index in [4.69, 9.17) is 0 Å². The number of hydrogen-bond acceptors (Lipinski definition) is 2. The van der Waals surface area contributed by atoms with Crippen LogP contribution in [0.4, 0.5) is 0 Å². The van der Waals surface area contributed by atoms with E-state index in [1.54, 1.807) is 0 Å². The molecule has 0 bridgehead atoms. The van der Waals surface area contributed by atoms with Crippen molar-refractivity contribution >= 4 is 22.8 Å². The maximum atomic E-state index is 4.61. The number of H-pyrrole nitrogens is 1. The Balaban J connectivity index is 1.58. The molecule has 0 saturated carbocycles. The topological polar surface area (TPSA) is 28.7 Å². The average molecular weight is 310 g/mol. The minimum atomic E-state index is 0.222. The van der Waals surface area contributed by atoms with Gasteiger partial charge in [0.1, 0.15) is 5.82 Å². The standard InChI is InChI=1S/C19H22N2S/c1-19(2,3)15-10-8-14(9-11-15)12-22-13-18-20-16-6-4-5-7-17(16)21-18/h4-11H,12-13H2,1-3H3,(H,20,21). The summed E-state index contributed by atoms with van der Waals surface area (Å²) in [5.74, 6) is 2.98. The van der Waals surface area contributed by atoms with Crippen molar-refractivity contribution in [3.63, 3.8) is 0 Å². The first kappa shape index (κ1) is 15.2. The molecule has 3 heteroatoms. The van der Waals surface area contributed by atoms with E-state index in [1.807, 2.05) is 30.0 Å². The predicted molar refractivity (Wildman–Crippen MR) is 96.2 cm³/mol. The number of nitrogens with zero attached hydrogens (tertiary/aromatic N) is 1. The molecule has 0 fully saturated rings. The molecule has 0 spiro atoms. The number of nitrogens with one attached hydrogen (secondary N) is 1. The Morgan fingerprint density at radius 3 is 2.36 bits per heavy atom. The van der Waals surface area contributed by atoms with Crippen LogP contribution in [0.5, 0.6) is 0 Å². The largest absolute Gasteiger partial charge is 0.341 e. The fraction of sp³-hybridized carbons (Fsp3) is 0.316. The molecule has 0 aliphatic rings. The molecule has 3 aromatic rings. The van der Waals surface area contributed by atoms with Crippen LogP contribution in [0.3, 0.4) is 0 Å². The lowest BCUT2D eigenvalue weighted by Crippen LogP contribution is -2.10. The molecule has 0 aliphatic heterocycles. The molecular formula is C19H22N2S. The van der Waals surface area contributed by atoms with Crippen LogP contribution < -0.4 is 0 Å². The highest BCUT2D eigenvalue weighted by Crippen LogP contribution is 2.24. The Labute approximate surface area is 136 Å². The van der Waals surface area contributed by atoms with Gasteiger partial charge in [0, 0.05) is 5.75 Å². The van der Waals surface area contributed by atoms with Crippen LogP contribution in [-0.2, 0) is 16.9 Å². The molecule has 2 aromatic carbocycles. The minimum Gasteiger partial charge on any atom is -0.341 e. The number of thioether (sulfide) groups is 1. The van der Waals surface area contributed by atoms with Crippen LogP contribution in [0, 0.1) is 0 Å². The number of benzene rings is 2. The minimum absolute atomic E-state index is 0.222. The first-order chi connectivity index (χ1) is 10.5. The molecule has 1 aromatic heterocycles. The zero-order valence-corrected chi connectivity index (χ0v) is 14.2. The van der Waals surface area contributed by atoms with Gasteiger partial charge in [0.25, 0.3) is 0 Å². The molecule has 114 valence electrons. The monoisotopic (exact) mass is 310 g/mol. The lowest BCUT2D eigenvalue weighted by molar-refractivity contribution is 0.590. The van der Waals surface area contributed by atoms with Crippen molar-refractivity contribution in [1.29, 1.82) is 0 Å². The van der Waals surface area contributed by atoms with E-state index in [-0.39, 0.29) is 5.41 Å². The van der Waals surface area contributed by atoms with Crippen molar-refractivity contribution in [3.05, 3.63) is 65.5 Å². The first-order valence-electron chi connectivity index (χ1n) is 7.63. The SMILES string of the molecule is CC(C)(C)c1ccc(CSCc2nc3ccccc3[nH]2)cc1. The van der Waals surface area contributed by atoms with E-state index in [0.717, 1.165) is 28.4 Å². The Morgan fingerprint density at radius 2 is 1.68 bits per heavy atom. The number of para-hydroxylation sites is 2. The van der Waals surface area contributed by atoms with E-state index >= 15 is 0 Å². The third kappa shape index (κ3) is 3.53. The zero-order chi connectivity index (χ0) is 15.6. The average Bonchev–Trinajstić information content (AvgIpc) is 2.89. The van der Waals surface area contributed by atoms with Gasteiger partial charge >= 0.3 is 0 Å². The molecule has 0 unspecified atom stereocenters. The van der Waals surface area contributed by atoms with Crippen LogP contribution in [0.2, 0.25) is 0 Å². The molecule has 2 nitrogen and oxygen atoms in total. The van der Waals surface area contributed by atoms with Crippen molar-refractivity contribution in [2.75, 3.05) is 0 Å². The normalized spacial score (nSPS) is 12.0. The Hall–Kier alpha value is -1.74. The molecule has 1 N–H and O–H groups in total. The number of hydrogen-bond donors (Lipinski definition) is 1. The van der Waals surface area contributed by atoms with Gasteiger partial charge in [-0.05, 0) is 28.7 Å². The fourth-order valence-electron chi connectivity index (χ4n) is 2.44. The van der Waals surface area contributed by atoms with Crippen LogP contribution in [0.1, 0.15) is 37.7 Å². The van der Waals surface area contributed by atoms with Crippen molar-refractivity contribution in [1.82, 2.24) is 9.97 Å². The van der Waals surface area contributed by atoms with Crippen molar-refractivity contribution < 1.29 is 0 Å². The Morgan fingerprint density at radius 1 is 0.955 bits per heavy atom. The lowest BCUT2D eigenvalue weighted by Gasteiger charge is -2.19. The van der Waals surface area contributed by atoms with Crippen molar-refractivity contribution in [2.24, 2.45) is 0 Å². The van der Waals surface area contributed by atoms with Gasteiger partial charge in [0.15, 0.2) is 0 Å². The van der Waals surface area contributed by atoms with Crippen LogP contribution in [-0.4, -0.2) is 9.97 Å². The summed E-state index contributed by atoms with van der Waals surface area (Å²) in [6, 6.07) is 17.2. The molecule has 0 radical (unpaired) electrons. The summed E-state index contributed by atoms with van der Waals surface area (Å²) in [6.07, 6.45) is 0. The Bertz CT molecular complexity index is 718. The Kier molecular flexibility index (Phi) is 4.25. The van der Waals surface area contributed by atoms with Crippen LogP contribution >= 0.6 is 11.8 Å². The van der Waals surface area contributed by atoms with Gasteiger partial charge in [-0.1, -0.05) is 57.2 Å². The second-order valence-electron chi connectivity index (χ2n) is 6.64. The molecule has 0 amide bonds. The summed E-state index contributed by atoms with van der Waals surface area (Å²) < 4.78 is 0. The lowest BCUT2D eigenvalue weighted by atomic mass is 9.87. The number of aromatic amines is 1. The van der Waals surface area contributed by atoms with E-state index in [2.05, 4.69) is 61.1 Å². The zero-order valence-electron chi connectivity index (χ0n) is 13.4. The predicted octanol–water partition coefficient (Wildman–Crippen LogP) is 5.29. The van der Waals surface area contributed by atoms with Gasteiger partial charge < -0.3 is 4.98 Å². The van der Waals surface area contributed by atoms with Crippen LogP contribution in [0.25, 0.3) is 11.0 Å². The highest BCUT2D eigenvalue weighted by atomic mass is 32.2. The summed E-state index contributed by atoms with van der Waals surface area (Å²) in [6.45, 7) is 6.75. The highest BCUT2D eigenvalue weighted by molar-refractivity contribution is 7.97. The van der Waals surface area contributed by atoms with E-state index in [1.165, 1.54) is 11.1 Å². The maximum Gasteiger partial charge on any atom is 0.117 e. The van der Waals surface area contributed by atoms with Gasteiger partial charge in [-0.3, -0.25) is 0 Å². The second-order valence-corrected chi connectivity index (χ2v) is 7.63. The first-order valence-corrected chi connectivity index (χ1v) is 8.79. The molecular weight excluding hydrogens is 288 g/mol. The summed E-state index contributed by atoms with van der Waals surface area (Å²) in [5.41, 5.74) is 5.15. The number of aromatic nitrogens is 2. The summed E-state index contributed by atoms with van der Waals surface area (Å²) in [7, 11) is 0. The van der Waals surface area contributed by atoms with Gasteiger partial charge in [-0.25, -0.2) is 4.98 Å². The summed E-state index contributed by atoms with van der Waals surface area (Å²) in [5, 5.41) is 0. The smallest absolute Gasteiger partial charge is 0.117 e. The van der Waals surface area contributed by atoms with Crippen LogP contribution in [0.15, 0.2) is 48.5 Å². The summed E-state index contributed by atoms with van der Waals surface area (Å²) in [4.78, 5) is 7.99. The third-order valence-electron chi connectivity index (χ3n) is 3.77. The summed E-state index contributed by atoms with van der Waals surface area (Å²) >= 11 is 1.89. The van der Waals surface area contributed by atoms with Gasteiger partial charge in [0.2, 0.25) is 0 Å². The highest BCUT2D eigenvalue weighted by Gasteiger charge is 2.12. The molecule has 3 rings (SSSR count). The molecule has 0 atom stereocenters. The molecule has 0 saturated heterocycles. The van der Waals surface area contributed by atoms with Gasteiger partial charge in [-0.15, -0.1) is 11.8 Å². The van der Waals surface area contributed by atoms with E-state index in [9.17, 15) is 0 Å². The van der Waals surface area contributed by atoms with Gasteiger partial charge in [0.05, 0.1) is 16.8 Å². The van der Waals surface area contributed by atoms with Crippen molar-refractivity contribution in [2.45, 2.75) is 37.7 Å². The van der Waals surface area contributed by atoms with E-state index < -0.39 is 0 Å². The molecule has 22 heavy (non-hydrogen) atoms. The van der Waals surface area contributed by atoms with E-state index in [0.29, 0.717) is 0 Å². The van der Waals surface area contributed by atoms with Gasteiger partial charge in [-0.2, -0.15) is 0 Å². The van der Waals surface area contributed by atoms with Crippen molar-refractivity contribution in [3.8, 4) is 0 Å². The second kappa shape index (κ2) is 6.17. The fourth-order valence-corrected chi connectivity index (χ4v) is 3.30.